The summed E-state index contributed by atoms with van der Waals surface area (Å²) in [5, 5.41) is 3.18. The van der Waals surface area contributed by atoms with Crippen LogP contribution in [0.15, 0.2) is 24.3 Å². The van der Waals surface area contributed by atoms with E-state index in [1.807, 2.05) is 38.1 Å². The molecule has 4 nitrogen and oxygen atoms in total. The molecule has 0 aliphatic carbocycles. The van der Waals surface area contributed by atoms with E-state index in [2.05, 4.69) is 5.32 Å². The predicted molar refractivity (Wildman–Crippen MR) is 70.5 cm³/mol. The van der Waals surface area contributed by atoms with Gasteiger partial charge < -0.3 is 9.47 Å². The van der Waals surface area contributed by atoms with E-state index in [9.17, 15) is 4.79 Å². The zero-order valence-corrected chi connectivity index (χ0v) is 11.4. The Bertz CT molecular complexity index is 402. The van der Waals surface area contributed by atoms with Gasteiger partial charge in [-0.3, -0.25) is 10.1 Å². The fourth-order valence-corrected chi connectivity index (χ4v) is 1.49. The zero-order valence-electron chi connectivity index (χ0n) is 11.4. The average molecular weight is 251 g/mol. The Morgan fingerprint density at radius 3 is 2.72 bits per heavy atom. The van der Waals surface area contributed by atoms with Crippen LogP contribution in [0.5, 0.6) is 5.75 Å². The van der Waals surface area contributed by atoms with Crippen LogP contribution in [0.3, 0.4) is 0 Å². The maximum atomic E-state index is 11.7. The monoisotopic (exact) mass is 251 g/mol. The molecule has 18 heavy (non-hydrogen) atoms. The molecule has 0 aliphatic rings. The van der Waals surface area contributed by atoms with Gasteiger partial charge in [-0.2, -0.15) is 0 Å². The minimum atomic E-state index is -0.695. The maximum Gasteiger partial charge on any atom is 0.325 e. The number of methoxy groups -OCH3 is 1. The quantitative estimate of drug-likeness (QED) is 0.787. The molecular weight excluding hydrogens is 230 g/mol. The lowest BCUT2D eigenvalue weighted by molar-refractivity contribution is -0.149. The molecule has 0 aromatic heterocycles. The molecule has 100 valence electrons. The van der Waals surface area contributed by atoms with Gasteiger partial charge in [0.15, 0.2) is 0 Å². The molecule has 0 radical (unpaired) electrons. The van der Waals surface area contributed by atoms with Gasteiger partial charge in [0.2, 0.25) is 0 Å². The zero-order chi connectivity index (χ0) is 13.6. The molecule has 4 heteroatoms. The first-order valence-electron chi connectivity index (χ1n) is 6.04. The summed E-state index contributed by atoms with van der Waals surface area (Å²) in [4.78, 5) is 11.7. The van der Waals surface area contributed by atoms with Crippen molar-refractivity contribution < 1.29 is 14.3 Å². The van der Waals surface area contributed by atoms with Crippen LogP contribution in [0, 0.1) is 0 Å². The van der Waals surface area contributed by atoms with E-state index < -0.39 is 5.54 Å². The number of nitrogens with one attached hydrogen (secondary N) is 1. The van der Waals surface area contributed by atoms with Crippen molar-refractivity contribution in [1.29, 1.82) is 0 Å². The Balaban J connectivity index is 2.60. The van der Waals surface area contributed by atoms with Crippen LogP contribution >= 0.6 is 0 Å². The highest BCUT2D eigenvalue weighted by atomic mass is 16.5. The summed E-state index contributed by atoms with van der Waals surface area (Å²) in [5.74, 6) is 0.566. The van der Waals surface area contributed by atoms with Crippen LogP contribution in [-0.4, -0.2) is 25.2 Å². The lowest BCUT2D eigenvalue weighted by atomic mass is 10.1. The van der Waals surface area contributed by atoms with Gasteiger partial charge in [0, 0.05) is 6.54 Å². The molecule has 0 aliphatic heterocycles. The number of hydrogen-bond acceptors (Lipinski definition) is 4. The summed E-state index contributed by atoms with van der Waals surface area (Å²) in [6, 6.07) is 7.73. The SMILES string of the molecule is CCOC(=O)C(C)(C)NCc1cccc(OC)c1. The average Bonchev–Trinajstić information content (AvgIpc) is 2.37. The van der Waals surface area contributed by atoms with Crippen molar-refractivity contribution in [2.75, 3.05) is 13.7 Å². The molecule has 1 N–H and O–H groups in total. The lowest BCUT2D eigenvalue weighted by Gasteiger charge is -2.24. The Labute approximate surface area is 108 Å². The van der Waals surface area contributed by atoms with E-state index in [0.717, 1.165) is 11.3 Å². The van der Waals surface area contributed by atoms with Gasteiger partial charge in [0.05, 0.1) is 13.7 Å². The second-order valence-corrected chi connectivity index (χ2v) is 4.55. The van der Waals surface area contributed by atoms with Crippen molar-refractivity contribution >= 4 is 5.97 Å². The number of carbonyl (C=O) groups is 1. The molecule has 0 fully saturated rings. The van der Waals surface area contributed by atoms with Gasteiger partial charge in [0.25, 0.3) is 0 Å². The van der Waals surface area contributed by atoms with Crippen molar-refractivity contribution in [3.8, 4) is 5.75 Å². The Hall–Kier alpha value is -1.55. The summed E-state index contributed by atoms with van der Waals surface area (Å²) in [7, 11) is 1.63. The number of rotatable bonds is 6. The van der Waals surface area contributed by atoms with Crippen molar-refractivity contribution in [3.63, 3.8) is 0 Å². The maximum absolute atomic E-state index is 11.7. The molecule has 0 saturated heterocycles. The summed E-state index contributed by atoms with van der Waals surface area (Å²) in [6.07, 6.45) is 0. The van der Waals surface area contributed by atoms with Gasteiger partial charge >= 0.3 is 5.97 Å². The van der Waals surface area contributed by atoms with E-state index in [1.54, 1.807) is 14.0 Å². The summed E-state index contributed by atoms with van der Waals surface area (Å²) in [6.45, 7) is 6.40. The summed E-state index contributed by atoms with van der Waals surface area (Å²) >= 11 is 0. The van der Waals surface area contributed by atoms with Gasteiger partial charge in [-0.15, -0.1) is 0 Å². The molecule has 0 atom stereocenters. The van der Waals surface area contributed by atoms with Crippen molar-refractivity contribution in [2.45, 2.75) is 32.9 Å². The fourth-order valence-electron chi connectivity index (χ4n) is 1.49. The van der Waals surface area contributed by atoms with Gasteiger partial charge in [0.1, 0.15) is 11.3 Å². The van der Waals surface area contributed by atoms with E-state index >= 15 is 0 Å². The largest absolute Gasteiger partial charge is 0.497 e. The summed E-state index contributed by atoms with van der Waals surface area (Å²) < 4.78 is 10.2. The highest BCUT2D eigenvalue weighted by molar-refractivity contribution is 5.79. The molecule has 1 aromatic carbocycles. The first-order valence-corrected chi connectivity index (χ1v) is 6.04. The standard InChI is InChI=1S/C14H21NO3/c1-5-18-13(16)14(2,3)15-10-11-7-6-8-12(9-11)17-4/h6-9,15H,5,10H2,1-4H3. The van der Waals surface area contributed by atoms with Crippen LogP contribution < -0.4 is 10.1 Å². The van der Waals surface area contributed by atoms with Crippen LogP contribution in [0.2, 0.25) is 0 Å². The molecule has 1 aromatic rings. The third-order valence-electron chi connectivity index (χ3n) is 2.65. The van der Waals surface area contributed by atoms with E-state index in [0.29, 0.717) is 13.2 Å². The Kier molecular flexibility index (Phi) is 5.16. The molecule has 0 amide bonds. The highest BCUT2D eigenvalue weighted by Crippen LogP contribution is 2.14. The molecule has 0 unspecified atom stereocenters. The molecule has 0 bridgehead atoms. The third kappa shape index (κ3) is 4.04. The lowest BCUT2D eigenvalue weighted by Crippen LogP contribution is -2.47. The van der Waals surface area contributed by atoms with Gasteiger partial charge in [-0.25, -0.2) is 0 Å². The number of ether oxygens (including phenoxy) is 2. The molecule has 0 spiro atoms. The summed E-state index contributed by atoms with van der Waals surface area (Å²) in [5.41, 5.74) is 0.366. The topological polar surface area (TPSA) is 47.6 Å². The number of esters is 1. The fraction of sp³-hybridized carbons (Fsp3) is 0.500. The van der Waals surface area contributed by atoms with E-state index in [1.165, 1.54) is 0 Å². The smallest absolute Gasteiger partial charge is 0.325 e. The minimum Gasteiger partial charge on any atom is -0.497 e. The van der Waals surface area contributed by atoms with Crippen molar-refractivity contribution in [1.82, 2.24) is 5.32 Å². The van der Waals surface area contributed by atoms with E-state index in [-0.39, 0.29) is 5.97 Å². The first-order chi connectivity index (χ1) is 8.49. The van der Waals surface area contributed by atoms with Crippen LogP contribution in [0.25, 0.3) is 0 Å². The predicted octanol–water partition coefficient (Wildman–Crippen LogP) is 2.13. The molecule has 0 heterocycles. The second-order valence-electron chi connectivity index (χ2n) is 4.55. The minimum absolute atomic E-state index is 0.243. The first kappa shape index (κ1) is 14.5. The van der Waals surface area contributed by atoms with Crippen LogP contribution in [0.1, 0.15) is 26.3 Å². The highest BCUT2D eigenvalue weighted by Gasteiger charge is 2.28. The molecular formula is C14H21NO3. The third-order valence-corrected chi connectivity index (χ3v) is 2.65. The number of hydrogen-bond donors (Lipinski definition) is 1. The molecule has 1 rings (SSSR count). The van der Waals surface area contributed by atoms with Gasteiger partial charge in [-0.1, -0.05) is 12.1 Å². The molecule has 0 saturated carbocycles. The van der Waals surface area contributed by atoms with Crippen molar-refractivity contribution in [2.24, 2.45) is 0 Å². The van der Waals surface area contributed by atoms with Crippen LogP contribution in [0.4, 0.5) is 0 Å². The number of benzene rings is 1. The van der Waals surface area contributed by atoms with Crippen molar-refractivity contribution in [3.05, 3.63) is 29.8 Å². The van der Waals surface area contributed by atoms with E-state index in [4.69, 9.17) is 9.47 Å². The normalized spacial score (nSPS) is 11.1. The van der Waals surface area contributed by atoms with Gasteiger partial charge in [-0.05, 0) is 38.5 Å². The Morgan fingerprint density at radius 2 is 2.11 bits per heavy atom. The number of carbonyl (C=O) groups excluding carboxylic acids is 1. The second kappa shape index (κ2) is 6.40. The van der Waals surface area contributed by atoms with Crippen LogP contribution in [-0.2, 0) is 16.1 Å². The Morgan fingerprint density at radius 1 is 1.39 bits per heavy atom.